The fraction of sp³-hybridized carbons (Fsp3) is 0.273. The zero-order chi connectivity index (χ0) is 26.1. The van der Waals surface area contributed by atoms with Gasteiger partial charge in [0.25, 0.3) is 0 Å². The first-order chi connectivity index (χ1) is 17.8. The van der Waals surface area contributed by atoms with Crippen molar-refractivity contribution in [2.24, 2.45) is 0 Å². The molecule has 0 aromatic heterocycles. The smallest absolute Gasteiger partial charge is 0.163 e. The summed E-state index contributed by atoms with van der Waals surface area (Å²) < 4.78 is 13.1. The van der Waals surface area contributed by atoms with Crippen molar-refractivity contribution in [2.75, 3.05) is 14.1 Å². The van der Waals surface area contributed by atoms with Crippen LogP contribution >= 0.6 is 12.6 Å². The van der Waals surface area contributed by atoms with Gasteiger partial charge in [-0.15, -0.1) is 0 Å². The van der Waals surface area contributed by atoms with Gasteiger partial charge in [0.15, 0.2) is 5.79 Å². The molecule has 0 amide bonds. The molecule has 0 N–H and O–H groups in total. The number of thiol groups is 1. The van der Waals surface area contributed by atoms with Crippen LogP contribution in [-0.2, 0) is 19.8 Å². The van der Waals surface area contributed by atoms with Gasteiger partial charge in [0.05, 0.1) is 4.75 Å². The Labute approximate surface area is 226 Å². The molecule has 4 heteroatoms. The Hall–Kier alpha value is -2.89. The van der Waals surface area contributed by atoms with E-state index in [1.807, 2.05) is 26.0 Å². The highest BCUT2D eigenvalue weighted by molar-refractivity contribution is 7.81. The number of hydrogen-bond donors (Lipinski definition) is 1. The van der Waals surface area contributed by atoms with E-state index in [2.05, 4.69) is 128 Å². The Morgan fingerprint density at radius 1 is 0.568 bits per heavy atom. The lowest BCUT2D eigenvalue weighted by molar-refractivity contribution is -0.157. The van der Waals surface area contributed by atoms with Crippen molar-refractivity contribution in [3.8, 4) is 0 Å². The van der Waals surface area contributed by atoms with Crippen molar-refractivity contribution < 1.29 is 9.47 Å². The molecule has 1 aliphatic rings. The summed E-state index contributed by atoms with van der Waals surface area (Å²) in [6, 6.07) is 42.1. The van der Waals surface area contributed by atoms with Gasteiger partial charge in [0.2, 0.25) is 0 Å². The molecule has 0 unspecified atom stereocenters. The minimum Gasteiger partial charge on any atom is -0.342 e. The molecule has 4 aromatic rings. The number of nitrogens with zero attached hydrogens (tertiary/aromatic N) is 1. The van der Waals surface area contributed by atoms with E-state index < -0.39 is 28.3 Å². The van der Waals surface area contributed by atoms with Gasteiger partial charge in [-0.1, -0.05) is 121 Å². The topological polar surface area (TPSA) is 21.7 Å². The molecule has 0 aliphatic carbocycles. The summed E-state index contributed by atoms with van der Waals surface area (Å²) in [5, 5.41) is 0. The molecule has 1 aliphatic heterocycles. The van der Waals surface area contributed by atoms with Gasteiger partial charge in [-0.3, -0.25) is 4.90 Å². The third-order valence-electron chi connectivity index (χ3n) is 7.48. The van der Waals surface area contributed by atoms with Crippen molar-refractivity contribution >= 4 is 12.6 Å². The highest BCUT2D eigenvalue weighted by Crippen LogP contribution is 2.54. The van der Waals surface area contributed by atoms with Crippen LogP contribution in [0.5, 0.6) is 0 Å². The standard InChI is InChI=1S/C33H35NO2S/c1-31(2)35-29(32(34(3)4,25-17-9-5-10-18-25)26-19-11-6-12-20-26)30(36-31)33(37,27-21-13-7-14-22-27)28-23-15-8-16-24-28/h5-24,29-30,37H,1-4H3/t29-,30-/m1/s1. The summed E-state index contributed by atoms with van der Waals surface area (Å²) in [6.45, 7) is 4.00. The van der Waals surface area contributed by atoms with E-state index in [1.165, 1.54) is 0 Å². The second-order valence-corrected chi connectivity index (χ2v) is 11.1. The predicted molar refractivity (Wildman–Crippen MR) is 154 cm³/mol. The quantitative estimate of drug-likeness (QED) is 0.274. The first kappa shape index (κ1) is 25.7. The Balaban J connectivity index is 1.82. The lowest BCUT2D eigenvalue weighted by Crippen LogP contribution is -2.59. The normalized spacial score (nSPS) is 19.7. The number of ether oxygens (including phenoxy) is 2. The highest BCUT2D eigenvalue weighted by Gasteiger charge is 2.61. The van der Waals surface area contributed by atoms with Gasteiger partial charge in [-0.2, -0.15) is 12.6 Å². The molecule has 1 fully saturated rings. The van der Waals surface area contributed by atoms with Crippen molar-refractivity contribution in [3.05, 3.63) is 144 Å². The Morgan fingerprint density at radius 2 is 0.892 bits per heavy atom. The van der Waals surface area contributed by atoms with Crippen molar-refractivity contribution in [2.45, 2.75) is 42.1 Å². The minimum atomic E-state index is -0.822. The molecule has 1 saturated heterocycles. The fourth-order valence-corrected chi connectivity index (χ4v) is 6.39. The van der Waals surface area contributed by atoms with Crippen molar-refractivity contribution in [1.29, 1.82) is 0 Å². The van der Waals surface area contributed by atoms with E-state index in [1.54, 1.807) is 0 Å². The number of rotatable bonds is 7. The highest BCUT2D eigenvalue weighted by atomic mass is 32.1. The van der Waals surface area contributed by atoms with Gasteiger partial charge >= 0.3 is 0 Å². The third kappa shape index (κ3) is 4.42. The Bertz CT molecular complexity index is 1210. The average molecular weight is 510 g/mol. The summed E-state index contributed by atoms with van der Waals surface area (Å²) >= 11 is 5.53. The fourth-order valence-electron chi connectivity index (χ4n) is 5.90. The SMILES string of the molecule is CN(C)C(c1ccccc1)(c1ccccc1)[C@@H]1OC(C)(C)O[C@H]1C(S)(c1ccccc1)c1ccccc1. The summed E-state index contributed by atoms with van der Waals surface area (Å²) in [6.07, 6.45) is -0.835. The van der Waals surface area contributed by atoms with Gasteiger partial charge in [-0.25, -0.2) is 0 Å². The van der Waals surface area contributed by atoms with Gasteiger partial charge in [0.1, 0.15) is 17.7 Å². The molecular formula is C33H35NO2S. The van der Waals surface area contributed by atoms with E-state index in [-0.39, 0.29) is 0 Å². The van der Waals surface area contributed by atoms with Gasteiger partial charge in [0, 0.05) is 0 Å². The van der Waals surface area contributed by atoms with Crippen LogP contribution in [-0.4, -0.2) is 37.0 Å². The maximum atomic E-state index is 6.97. The monoisotopic (exact) mass is 509 g/mol. The average Bonchev–Trinajstić information content (AvgIpc) is 3.26. The molecule has 0 bridgehead atoms. The molecule has 5 rings (SSSR count). The Morgan fingerprint density at radius 3 is 1.24 bits per heavy atom. The van der Waals surface area contributed by atoms with Gasteiger partial charge < -0.3 is 9.47 Å². The van der Waals surface area contributed by atoms with Crippen LogP contribution in [0, 0.1) is 0 Å². The molecule has 37 heavy (non-hydrogen) atoms. The molecule has 190 valence electrons. The maximum absolute atomic E-state index is 6.97. The molecule has 0 spiro atoms. The number of benzene rings is 4. The molecular weight excluding hydrogens is 474 g/mol. The zero-order valence-corrected chi connectivity index (χ0v) is 22.8. The summed E-state index contributed by atoms with van der Waals surface area (Å²) in [5.74, 6) is -0.822. The predicted octanol–water partition coefficient (Wildman–Crippen LogP) is 6.89. The molecule has 2 atom stereocenters. The molecule has 1 heterocycles. The second kappa shape index (κ2) is 10.1. The summed E-state index contributed by atoms with van der Waals surface area (Å²) in [5.41, 5.74) is 3.75. The molecule has 4 aromatic carbocycles. The van der Waals surface area contributed by atoms with Crippen LogP contribution in [0.1, 0.15) is 36.1 Å². The molecule has 0 saturated carbocycles. The number of hydrogen-bond acceptors (Lipinski definition) is 4. The Kier molecular flexibility index (Phi) is 7.03. The first-order valence-corrected chi connectivity index (χ1v) is 13.2. The summed E-state index contributed by atoms with van der Waals surface area (Å²) in [4.78, 5) is 2.27. The van der Waals surface area contributed by atoms with Crippen LogP contribution in [0.3, 0.4) is 0 Å². The zero-order valence-electron chi connectivity index (χ0n) is 21.9. The van der Waals surface area contributed by atoms with Crippen molar-refractivity contribution in [3.63, 3.8) is 0 Å². The van der Waals surface area contributed by atoms with Crippen LogP contribution in [0.15, 0.2) is 121 Å². The van der Waals surface area contributed by atoms with Crippen LogP contribution in [0.25, 0.3) is 0 Å². The maximum Gasteiger partial charge on any atom is 0.163 e. The lowest BCUT2D eigenvalue weighted by Gasteiger charge is -2.49. The van der Waals surface area contributed by atoms with Crippen LogP contribution in [0.4, 0.5) is 0 Å². The van der Waals surface area contributed by atoms with E-state index >= 15 is 0 Å². The van der Waals surface area contributed by atoms with Crippen LogP contribution < -0.4 is 0 Å². The number of likely N-dealkylation sites (N-methyl/N-ethyl adjacent to an activating group) is 1. The largest absolute Gasteiger partial charge is 0.342 e. The van der Waals surface area contributed by atoms with E-state index in [9.17, 15) is 0 Å². The minimum absolute atomic E-state index is 0.403. The summed E-state index contributed by atoms with van der Waals surface area (Å²) in [7, 11) is 4.24. The molecule has 3 nitrogen and oxygen atoms in total. The van der Waals surface area contributed by atoms with E-state index in [0.29, 0.717) is 0 Å². The third-order valence-corrected chi connectivity index (χ3v) is 8.25. The van der Waals surface area contributed by atoms with Gasteiger partial charge in [-0.05, 0) is 50.2 Å². The first-order valence-electron chi connectivity index (χ1n) is 12.8. The molecule has 0 radical (unpaired) electrons. The van der Waals surface area contributed by atoms with E-state index in [0.717, 1.165) is 22.3 Å². The lowest BCUT2D eigenvalue weighted by atomic mass is 9.71. The van der Waals surface area contributed by atoms with Crippen molar-refractivity contribution in [1.82, 2.24) is 4.90 Å². The second-order valence-electron chi connectivity index (χ2n) is 10.4. The van der Waals surface area contributed by atoms with E-state index in [4.69, 9.17) is 22.1 Å². The van der Waals surface area contributed by atoms with Crippen LogP contribution in [0.2, 0.25) is 0 Å².